The van der Waals surface area contributed by atoms with Crippen molar-refractivity contribution in [1.29, 1.82) is 0 Å². The fourth-order valence-corrected chi connectivity index (χ4v) is 1.42. The number of rotatable bonds is 4. The number of benzene rings is 2. The van der Waals surface area contributed by atoms with Crippen molar-refractivity contribution in [2.24, 2.45) is 0 Å². The van der Waals surface area contributed by atoms with E-state index < -0.39 is 11.6 Å². The number of carbonyl (C=O) groups is 1. The summed E-state index contributed by atoms with van der Waals surface area (Å²) < 4.78 is 30.7. The Morgan fingerprint density at radius 3 is 2.39 bits per heavy atom. The van der Waals surface area contributed by atoms with Gasteiger partial charge in [0.05, 0.1) is 0 Å². The Morgan fingerprint density at radius 1 is 1.00 bits per heavy atom. The summed E-state index contributed by atoms with van der Waals surface area (Å²) in [4.78, 5) is 11.7. The lowest BCUT2D eigenvalue weighted by molar-refractivity contribution is 0.0921. The number of carbonyl (C=O) groups excluding carboxylic acids is 1. The van der Waals surface area contributed by atoms with Gasteiger partial charge in [0.15, 0.2) is 24.0 Å². The molecule has 0 aromatic heterocycles. The summed E-state index contributed by atoms with van der Waals surface area (Å²) in [7, 11) is 0. The lowest BCUT2D eigenvalue weighted by Crippen LogP contribution is -2.11. The summed E-state index contributed by atoms with van der Waals surface area (Å²) in [6.07, 6.45) is 0. The average molecular weight is 248 g/mol. The molecule has 0 aliphatic carbocycles. The van der Waals surface area contributed by atoms with Gasteiger partial charge < -0.3 is 4.74 Å². The molecule has 0 amide bonds. The standard InChI is InChI=1S/C14H10F2O2/c15-12-7-6-11(8-13(12)16)18-9-14(17)10-4-2-1-3-5-10/h1-8H,9H2. The minimum atomic E-state index is -1.00. The minimum absolute atomic E-state index is 0.123. The Hall–Kier alpha value is -2.23. The summed E-state index contributed by atoms with van der Waals surface area (Å²) in [5.74, 6) is -2.05. The van der Waals surface area contributed by atoms with E-state index in [0.717, 1.165) is 12.1 Å². The normalized spacial score (nSPS) is 10.1. The highest BCUT2D eigenvalue weighted by Crippen LogP contribution is 2.15. The Balaban J connectivity index is 1.99. The number of ketones is 1. The van der Waals surface area contributed by atoms with Crippen molar-refractivity contribution in [3.05, 3.63) is 65.7 Å². The highest BCUT2D eigenvalue weighted by Gasteiger charge is 2.07. The van der Waals surface area contributed by atoms with Gasteiger partial charge in [-0.2, -0.15) is 0 Å². The second-order valence-corrected chi connectivity index (χ2v) is 3.65. The van der Waals surface area contributed by atoms with Crippen LogP contribution in [0.4, 0.5) is 8.78 Å². The molecule has 0 radical (unpaired) electrons. The van der Waals surface area contributed by atoms with Crippen LogP contribution in [-0.2, 0) is 0 Å². The zero-order valence-electron chi connectivity index (χ0n) is 9.40. The van der Waals surface area contributed by atoms with E-state index in [0.29, 0.717) is 5.56 Å². The summed E-state index contributed by atoms with van der Waals surface area (Å²) in [5.41, 5.74) is 0.514. The summed E-state index contributed by atoms with van der Waals surface area (Å²) >= 11 is 0. The summed E-state index contributed by atoms with van der Waals surface area (Å²) in [6.45, 7) is -0.213. The Bertz CT molecular complexity index is 553. The molecule has 2 nitrogen and oxygen atoms in total. The molecule has 0 N–H and O–H groups in total. The first kappa shape index (κ1) is 12.2. The molecular weight excluding hydrogens is 238 g/mol. The van der Waals surface area contributed by atoms with Crippen molar-refractivity contribution in [2.45, 2.75) is 0 Å². The summed E-state index contributed by atoms with van der Waals surface area (Å²) in [6, 6.07) is 11.7. The van der Waals surface area contributed by atoms with E-state index in [-0.39, 0.29) is 18.1 Å². The van der Waals surface area contributed by atoms with Crippen molar-refractivity contribution >= 4 is 5.78 Å². The van der Waals surface area contributed by atoms with Crippen LogP contribution in [0.25, 0.3) is 0 Å². The molecule has 4 heteroatoms. The van der Waals surface area contributed by atoms with Gasteiger partial charge in [0.2, 0.25) is 0 Å². The van der Waals surface area contributed by atoms with Gasteiger partial charge in [-0.1, -0.05) is 30.3 Å². The van der Waals surface area contributed by atoms with Crippen LogP contribution < -0.4 is 4.74 Å². The first-order valence-corrected chi connectivity index (χ1v) is 5.33. The molecule has 2 rings (SSSR count). The predicted molar refractivity (Wildman–Crippen MR) is 62.6 cm³/mol. The molecule has 0 bridgehead atoms. The topological polar surface area (TPSA) is 26.3 Å². The van der Waals surface area contributed by atoms with Crippen LogP contribution >= 0.6 is 0 Å². The van der Waals surface area contributed by atoms with Gasteiger partial charge in [0.1, 0.15) is 5.75 Å². The van der Waals surface area contributed by atoms with Crippen molar-refractivity contribution in [2.75, 3.05) is 6.61 Å². The van der Waals surface area contributed by atoms with E-state index >= 15 is 0 Å². The Labute approximate surface area is 103 Å². The molecule has 0 atom stereocenters. The zero-order valence-corrected chi connectivity index (χ0v) is 9.40. The molecule has 0 saturated heterocycles. The first-order chi connectivity index (χ1) is 8.66. The largest absolute Gasteiger partial charge is 0.485 e. The van der Waals surface area contributed by atoms with Gasteiger partial charge in [-0.3, -0.25) is 4.79 Å². The Kier molecular flexibility index (Phi) is 3.67. The third-order valence-electron chi connectivity index (χ3n) is 2.36. The third kappa shape index (κ3) is 2.91. The van der Waals surface area contributed by atoms with Gasteiger partial charge in [0, 0.05) is 11.6 Å². The molecule has 0 spiro atoms. The molecule has 0 aliphatic heterocycles. The lowest BCUT2D eigenvalue weighted by Gasteiger charge is -2.05. The maximum absolute atomic E-state index is 12.9. The van der Waals surface area contributed by atoms with Crippen molar-refractivity contribution in [3.63, 3.8) is 0 Å². The van der Waals surface area contributed by atoms with Crippen LogP contribution in [0, 0.1) is 11.6 Å². The van der Waals surface area contributed by atoms with Gasteiger partial charge >= 0.3 is 0 Å². The van der Waals surface area contributed by atoms with Crippen LogP contribution in [0.5, 0.6) is 5.75 Å². The zero-order chi connectivity index (χ0) is 13.0. The van der Waals surface area contributed by atoms with Crippen LogP contribution in [-0.4, -0.2) is 12.4 Å². The molecule has 0 aliphatic rings. The van der Waals surface area contributed by atoms with Crippen molar-refractivity contribution in [3.8, 4) is 5.75 Å². The predicted octanol–water partition coefficient (Wildman–Crippen LogP) is 3.23. The molecule has 0 fully saturated rings. The van der Waals surface area contributed by atoms with Crippen LogP contribution in [0.2, 0.25) is 0 Å². The van der Waals surface area contributed by atoms with Gasteiger partial charge in [-0.05, 0) is 12.1 Å². The lowest BCUT2D eigenvalue weighted by atomic mass is 10.1. The highest BCUT2D eigenvalue weighted by molar-refractivity contribution is 5.97. The van der Waals surface area contributed by atoms with E-state index in [1.165, 1.54) is 6.07 Å². The number of hydrogen-bond acceptors (Lipinski definition) is 2. The Morgan fingerprint density at radius 2 is 1.72 bits per heavy atom. The van der Waals surface area contributed by atoms with Crippen molar-refractivity contribution in [1.82, 2.24) is 0 Å². The molecule has 92 valence electrons. The molecular formula is C14H10F2O2. The summed E-state index contributed by atoms with van der Waals surface area (Å²) in [5, 5.41) is 0. The molecule has 18 heavy (non-hydrogen) atoms. The van der Waals surface area contributed by atoms with E-state index in [4.69, 9.17) is 4.74 Å². The van der Waals surface area contributed by atoms with Gasteiger partial charge in [-0.15, -0.1) is 0 Å². The fourth-order valence-electron chi connectivity index (χ4n) is 1.42. The van der Waals surface area contributed by atoms with Gasteiger partial charge in [-0.25, -0.2) is 8.78 Å². The smallest absolute Gasteiger partial charge is 0.200 e. The number of hydrogen-bond donors (Lipinski definition) is 0. The number of ether oxygens (including phenoxy) is 1. The van der Waals surface area contributed by atoms with E-state index in [2.05, 4.69) is 0 Å². The molecule has 2 aromatic carbocycles. The second kappa shape index (κ2) is 5.40. The maximum Gasteiger partial charge on any atom is 0.200 e. The third-order valence-corrected chi connectivity index (χ3v) is 2.36. The van der Waals surface area contributed by atoms with Crippen LogP contribution in [0.15, 0.2) is 48.5 Å². The van der Waals surface area contributed by atoms with E-state index in [1.54, 1.807) is 30.3 Å². The molecule has 0 unspecified atom stereocenters. The number of halogens is 2. The van der Waals surface area contributed by atoms with Crippen LogP contribution in [0.1, 0.15) is 10.4 Å². The van der Waals surface area contributed by atoms with Crippen molar-refractivity contribution < 1.29 is 18.3 Å². The monoisotopic (exact) mass is 248 g/mol. The minimum Gasteiger partial charge on any atom is -0.485 e. The van der Waals surface area contributed by atoms with E-state index in [9.17, 15) is 13.6 Å². The molecule has 0 heterocycles. The second-order valence-electron chi connectivity index (χ2n) is 3.65. The number of Topliss-reactive ketones (excluding diaryl/α,β-unsaturated/α-hetero) is 1. The van der Waals surface area contributed by atoms with Crippen LogP contribution in [0.3, 0.4) is 0 Å². The first-order valence-electron chi connectivity index (χ1n) is 5.33. The quantitative estimate of drug-likeness (QED) is 0.776. The average Bonchev–Trinajstić information content (AvgIpc) is 2.41. The van der Waals surface area contributed by atoms with E-state index in [1.807, 2.05) is 0 Å². The SMILES string of the molecule is O=C(COc1ccc(F)c(F)c1)c1ccccc1. The molecule has 2 aromatic rings. The van der Waals surface area contributed by atoms with Gasteiger partial charge in [0.25, 0.3) is 0 Å². The maximum atomic E-state index is 12.9. The molecule has 0 saturated carbocycles. The highest BCUT2D eigenvalue weighted by atomic mass is 19.2. The fraction of sp³-hybridized carbons (Fsp3) is 0.0714.